The summed E-state index contributed by atoms with van der Waals surface area (Å²) in [6.45, 7) is 0. The van der Waals surface area contributed by atoms with Crippen LogP contribution in [0.5, 0.6) is 0 Å². The molecule has 0 aromatic rings. The van der Waals surface area contributed by atoms with Crippen LogP contribution in [0.4, 0.5) is 0 Å². The Morgan fingerprint density at radius 1 is 0.750 bits per heavy atom. The molecule has 0 amide bonds. The fourth-order valence-electron chi connectivity index (χ4n) is 0. The summed E-state index contributed by atoms with van der Waals surface area (Å²) < 4.78 is 0. The van der Waals surface area contributed by atoms with Gasteiger partial charge in [0.15, 0.2) is 0 Å². The van der Waals surface area contributed by atoms with Crippen LogP contribution in [0, 0.1) is 0 Å². The van der Waals surface area contributed by atoms with Crippen molar-refractivity contribution in [3.63, 3.8) is 0 Å². The Hall–Kier alpha value is 1.30. The normalized spacial score (nSPS) is 1.50. The van der Waals surface area contributed by atoms with Crippen molar-refractivity contribution < 1.29 is 52.6 Å². The standard InChI is InChI=1S/2Mo.H2O2/c;;1-2/h;;1-2H. The van der Waals surface area contributed by atoms with Crippen molar-refractivity contribution in [3.05, 3.63) is 0 Å². The zero-order valence-electron chi connectivity index (χ0n) is 1.71. The van der Waals surface area contributed by atoms with Gasteiger partial charge < -0.3 is 0 Å². The Morgan fingerprint density at radius 2 is 0.750 bits per heavy atom. The van der Waals surface area contributed by atoms with Crippen LogP contribution in [0.2, 0.25) is 0 Å². The minimum atomic E-state index is 0. The number of hydrogen-bond acceptors (Lipinski definition) is 2. The van der Waals surface area contributed by atoms with Crippen molar-refractivity contribution in [1.82, 2.24) is 0 Å². The second kappa shape index (κ2) is 27.8. The zero-order valence-corrected chi connectivity index (χ0v) is 5.72. The molecule has 0 aliphatic rings. The van der Waals surface area contributed by atoms with Gasteiger partial charge in [-0.1, -0.05) is 0 Å². The third kappa shape index (κ3) is 10.3. The maximum Gasteiger partial charge on any atom is 0 e. The molecule has 0 spiro atoms. The topological polar surface area (TPSA) is 40.5 Å². The van der Waals surface area contributed by atoms with E-state index in [0.29, 0.717) is 0 Å². The van der Waals surface area contributed by atoms with Gasteiger partial charge in [-0.3, -0.25) is 10.5 Å². The van der Waals surface area contributed by atoms with Crippen LogP contribution in [-0.2, 0) is 42.1 Å². The molecule has 0 heterocycles. The average Bonchev–Trinajstić information content (AvgIpc) is 1.00. The summed E-state index contributed by atoms with van der Waals surface area (Å²) in [7, 11) is 0. The molecule has 0 radical (unpaired) electrons. The predicted molar refractivity (Wildman–Crippen MR) is 5.26 cm³/mol. The van der Waals surface area contributed by atoms with Crippen LogP contribution in [0.3, 0.4) is 0 Å². The first-order chi connectivity index (χ1) is 1.00. The van der Waals surface area contributed by atoms with E-state index >= 15 is 0 Å². The van der Waals surface area contributed by atoms with Gasteiger partial charge in [-0.25, -0.2) is 0 Å². The van der Waals surface area contributed by atoms with Crippen molar-refractivity contribution in [1.29, 1.82) is 0 Å². The van der Waals surface area contributed by atoms with Gasteiger partial charge in [0.2, 0.25) is 0 Å². The largest absolute Gasteiger partial charge is 0.255 e. The van der Waals surface area contributed by atoms with Gasteiger partial charge in [0.1, 0.15) is 0 Å². The maximum absolute atomic E-state index is 6.00. The van der Waals surface area contributed by atoms with Gasteiger partial charge in [-0.05, 0) is 0 Å². The summed E-state index contributed by atoms with van der Waals surface area (Å²) >= 11 is 0. The molecule has 4 heteroatoms. The molecule has 0 aromatic carbocycles. The summed E-state index contributed by atoms with van der Waals surface area (Å²) in [5.41, 5.74) is 0. The molecule has 4 heavy (non-hydrogen) atoms. The van der Waals surface area contributed by atoms with Crippen LogP contribution >= 0.6 is 0 Å². The third-order valence-electron chi connectivity index (χ3n) is 0. The smallest absolute Gasteiger partial charge is 0 e. The SMILES string of the molecule is OO.[Mo].[Mo]. The molecular weight excluding hydrogens is 224 g/mol. The Bertz CT molecular complexity index is 4.00. The molecule has 0 rings (SSSR count). The van der Waals surface area contributed by atoms with Crippen molar-refractivity contribution >= 4 is 0 Å². The molecular formula is H2Mo2O2. The first-order valence-electron chi connectivity index (χ1n) is 0.200. The molecule has 0 aromatic heterocycles. The summed E-state index contributed by atoms with van der Waals surface area (Å²) in [4.78, 5) is 0. The molecule has 0 saturated heterocycles. The minimum absolute atomic E-state index is 0. The quantitative estimate of drug-likeness (QED) is 0.347. The van der Waals surface area contributed by atoms with Gasteiger partial charge in [0, 0.05) is 42.1 Å². The molecule has 26 valence electrons. The Labute approximate surface area is 52.7 Å². The monoisotopic (exact) mass is 230 g/mol. The van der Waals surface area contributed by atoms with Crippen LogP contribution in [0.25, 0.3) is 0 Å². The molecule has 2 nitrogen and oxygen atoms in total. The van der Waals surface area contributed by atoms with Crippen molar-refractivity contribution in [3.8, 4) is 0 Å². The maximum atomic E-state index is 6.00. The van der Waals surface area contributed by atoms with E-state index in [-0.39, 0.29) is 42.1 Å². The first kappa shape index (κ1) is 18.5. The molecule has 0 aliphatic heterocycles. The van der Waals surface area contributed by atoms with Gasteiger partial charge in [0.25, 0.3) is 0 Å². The van der Waals surface area contributed by atoms with Crippen LogP contribution in [0.15, 0.2) is 0 Å². The van der Waals surface area contributed by atoms with E-state index in [2.05, 4.69) is 0 Å². The average molecular weight is 226 g/mol. The number of hydrogen-bond donors (Lipinski definition) is 2. The van der Waals surface area contributed by atoms with Crippen LogP contribution < -0.4 is 0 Å². The summed E-state index contributed by atoms with van der Waals surface area (Å²) in [6, 6.07) is 0. The van der Waals surface area contributed by atoms with Gasteiger partial charge in [0.05, 0.1) is 0 Å². The van der Waals surface area contributed by atoms with E-state index in [1.165, 1.54) is 0 Å². The van der Waals surface area contributed by atoms with E-state index in [0.717, 1.165) is 0 Å². The second-order valence-corrected chi connectivity index (χ2v) is 0. The molecule has 0 atom stereocenters. The third-order valence-corrected chi connectivity index (χ3v) is 0. The van der Waals surface area contributed by atoms with Crippen molar-refractivity contribution in [2.45, 2.75) is 0 Å². The Morgan fingerprint density at radius 3 is 0.750 bits per heavy atom. The van der Waals surface area contributed by atoms with Gasteiger partial charge >= 0.3 is 0 Å². The Balaban J connectivity index is -0.00000000500. The van der Waals surface area contributed by atoms with Crippen LogP contribution in [0.1, 0.15) is 0 Å². The second-order valence-electron chi connectivity index (χ2n) is 0. The van der Waals surface area contributed by atoms with E-state index in [9.17, 15) is 0 Å². The molecule has 2 N–H and O–H groups in total. The zero-order chi connectivity index (χ0) is 2.00. The molecule has 0 saturated carbocycles. The van der Waals surface area contributed by atoms with Crippen LogP contribution in [-0.4, -0.2) is 10.5 Å². The molecule has 0 fully saturated rings. The summed E-state index contributed by atoms with van der Waals surface area (Å²) in [6.07, 6.45) is 0. The Kier molecular flexibility index (Phi) is 129. The first-order valence-corrected chi connectivity index (χ1v) is 0.200. The van der Waals surface area contributed by atoms with E-state index in [1.54, 1.807) is 0 Å². The predicted octanol–water partition coefficient (Wildman–Crippen LogP) is 0.0124. The van der Waals surface area contributed by atoms with Crippen molar-refractivity contribution in [2.75, 3.05) is 0 Å². The van der Waals surface area contributed by atoms with E-state index in [1.807, 2.05) is 0 Å². The fraction of sp³-hybridized carbons (Fsp3) is 0. The summed E-state index contributed by atoms with van der Waals surface area (Å²) in [5.74, 6) is 0. The molecule has 0 aliphatic carbocycles. The minimum Gasteiger partial charge on any atom is -0.255 e. The van der Waals surface area contributed by atoms with E-state index in [4.69, 9.17) is 10.5 Å². The van der Waals surface area contributed by atoms with Gasteiger partial charge in [-0.15, -0.1) is 0 Å². The molecule has 0 unspecified atom stereocenters. The van der Waals surface area contributed by atoms with Gasteiger partial charge in [-0.2, -0.15) is 0 Å². The van der Waals surface area contributed by atoms with Crippen molar-refractivity contribution in [2.24, 2.45) is 0 Å². The molecule has 0 bridgehead atoms. The number of rotatable bonds is 0. The fourth-order valence-corrected chi connectivity index (χ4v) is 0. The van der Waals surface area contributed by atoms with E-state index < -0.39 is 0 Å². The summed E-state index contributed by atoms with van der Waals surface area (Å²) in [5, 5.41) is 12.0.